The Morgan fingerprint density at radius 3 is 2.50 bits per heavy atom. The van der Waals surface area contributed by atoms with E-state index >= 15 is 0 Å². The number of sulfonamides is 1. The van der Waals surface area contributed by atoms with Crippen LogP contribution in [0.4, 0.5) is 5.69 Å². The zero-order chi connectivity index (χ0) is 15.5. The molecule has 1 aromatic carbocycles. The van der Waals surface area contributed by atoms with Crippen LogP contribution in [0.5, 0.6) is 0 Å². The van der Waals surface area contributed by atoms with Gasteiger partial charge in [0.15, 0.2) is 0 Å². The third kappa shape index (κ3) is 5.20. The summed E-state index contributed by atoms with van der Waals surface area (Å²) in [5, 5.41) is 5.82. The van der Waals surface area contributed by atoms with Gasteiger partial charge in [-0.05, 0) is 60.1 Å². The standard InChI is InChI=1S/C13H18BrN3O3S.ClH/c1-9(18)16-13-3-2-11(8-12(13)14)21(19,20)17-10-4-6-15-7-5-10;/h2-3,8,10,15,17H,4-7H2,1H3,(H,16,18);1H. The summed E-state index contributed by atoms with van der Waals surface area (Å²) in [7, 11) is -3.55. The molecule has 9 heteroatoms. The number of piperidine rings is 1. The number of halogens is 2. The summed E-state index contributed by atoms with van der Waals surface area (Å²) in [5.41, 5.74) is 0.545. The number of rotatable bonds is 4. The molecule has 124 valence electrons. The van der Waals surface area contributed by atoms with Crippen molar-refractivity contribution >= 4 is 50.0 Å². The van der Waals surface area contributed by atoms with Crippen molar-refractivity contribution in [2.24, 2.45) is 0 Å². The fourth-order valence-electron chi connectivity index (χ4n) is 2.18. The molecule has 0 radical (unpaired) electrons. The molecule has 1 aliphatic rings. The van der Waals surface area contributed by atoms with Crippen LogP contribution in [0.3, 0.4) is 0 Å². The van der Waals surface area contributed by atoms with Crippen LogP contribution in [0.1, 0.15) is 19.8 Å². The van der Waals surface area contributed by atoms with Gasteiger partial charge in [-0.15, -0.1) is 12.4 Å². The van der Waals surface area contributed by atoms with E-state index in [2.05, 4.69) is 31.3 Å². The number of nitrogens with one attached hydrogen (secondary N) is 3. The lowest BCUT2D eigenvalue weighted by Gasteiger charge is -2.23. The molecule has 1 aliphatic heterocycles. The first-order chi connectivity index (χ1) is 9.88. The zero-order valence-corrected chi connectivity index (χ0v) is 15.3. The predicted molar refractivity (Wildman–Crippen MR) is 91.9 cm³/mol. The van der Waals surface area contributed by atoms with Gasteiger partial charge >= 0.3 is 0 Å². The molecule has 0 aromatic heterocycles. The monoisotopic (exact) mass is 411 g/mol. The van der Waals surface area contributed by atoms with E-state index in [0.717, 1.165) is 25.9 Å². The normalized spacial score (nSPS) is 15.9. The highest BCUT2D eigenvalue weighted by molar-refractivity contribution is 9.10. The van der Waals surface area contributed by atoms with Crippen molar-refractivity contribution in [3.8, 4) is 0 Å². The van der Waals surface area contributed by atoms with Crippen LogP contribution in [0, 0.1) is 0 Å². The first-order valence-electron chi connectivity index (χ1n) is 6.69. The Labute approximate surface area is 145 Å². The lowest BCUT2D eigenvalue weighted by atomic mass is 10.1. The molecule has 1 aromatic rings. The number of amides is 1. The summed E-state index contributed by atoms with van der Waals surface area (Å²) >= 11 is 3.28. The molecule has 2 rings (SSSR count). The Morgan fingerprint density at radius 1 is 1.32 bits per heavy atom. The van der Waals surface area contributed by atoms with Crippen LogP contribution in [0.25, 0.3) is 0 Å². The molecule has 1 heterocycles. The lowest BCUT2D eigenvalue weighted by Crippen LogP contribution is -2.42. The van der Waals surface area contributed by atoms with Crippen LogP contribution >= 0.6 is 28.3 Å². The third-order valence-electron chi connectivity index (χ3n) is 3.22. The summed E-state index contributed by atoms with van der Waals surface area (Å²) in [4.78, 5) is 11.2. The molecule has 0 saturated carbocycles. The van der Waals surface area contributed by atoms with Gasteiger partial charge in [-0.2, -0.15) is 0 Å². The van der Waals surface area contributed by atoms with Crippen molar-refractivity contribution in [1.29, 1.82) is 0 Å². The SMILES string of the molecule is CC(=O)Nc1ccc(S(=O)(=O)NC2CCNCC2)cc1Br.Cl. The van der Waals surface area contributed by atoms with Crippen molar-refractivity contribution in [1.82, 2.24) is 10.0 Å². The Morgan fingerprint density at radius 2 is 1.95 bits per heavy atom. The van der Waals surface area contributed by atoms with Gasteiger partial charge in [0.25, 0.3) is 0 Å². The van der Waals surface area contributed by atoms with E-state index in [4.69, 9.17) is 0 Å². The van der Waals surface area contributed by atoms with Crippen molar-refractivity contribution in [2.75, 3.05) is 18.4 Å². The smallest absolute Gasteiger partial charge is 0.240 e. The second-order valence-electron chi connectivity index (χ2n) is 4.97. The van der Waals surface area contributed by atoms with E-state index in [1.807, 2.05) is 0 Å². The second-order valence-corrected chi connectivity index (χ2v) is 7.54. The van der Waals surface area contributed by atoms with E-state index in [1.165, 1.54) is 19.1 Å². The number of hydrogen-bond acceptors (Lipinski definition) is 4. The maximum Gasteiger partial charge on any atom is 0.240 e. The average Bonchev–Trinajstić information content (AvgIpc) is 2.41. The number of hydrogen-bond donors (Lipinski definition) is 3. The maximum absolute atomic E-state index is 12.3. The fourth-order valence-corrected chi connectivity index (χ4v) is 4.14. The van der Waals surface area contributed by atoms with Crippen LogP contribution in [-0.2, 0) is 14.8 Å². The van der Waals surface area contributed by atoms with Crippen LogP contribution < -0.4 is 15.4 Å². The van der Waals surface area contributed by atoms with E-state index in [0.29, 0.717) is 10.2 Å². The molecule has 0 unspecified atom stereocenters. The first kappa shape index (κ1) is 19.4. The van der Waals surface area contributed by atoms with Crippen molar-refractivity contribution in [2.45, 2.75) is 30.7 Å². The van der Waals surface area contributed by atoms with Crippen molar-refractivity contribution in [3.63, 3.8) is 0 Å². The Balaban J connectivity index is 0.00000242. The minimum atomic E-state index is -3.55. The van der Waals surface area contributed by atoms with Crippen molar-refractivity contribution < 1.29 is 13.2 Å². The van der Waals surface area contributed by atoms with Crippen LogP contribution in [0.15, 0.2) is 27.6 Å². The van der Waals surface area contributed by atoms with E-state index in [9.17, 15) is 13.2 Å². The molecule has 1 fully saturated rings. The Kier molecular flexibility index (Phi) is 7.27. The topological polar surface area (TPSA) is 87.3 Å². The highest BCUT2D eigenvalue weighted by Gasteiger charge is 2.22. The Bertz CT molecular complexity index is 633. The maximum atomic E-state index is 12.3. The van der Waals surface area contributed by atoms with Gasteiger partial charge in [-0.1, -0.05) is 0 Å². The number of anilines is 1. The summed E-state index contributed by atoms with van der Waals surface area (Å²) in [6, 6.07) is 4.52. The minimum Gasteiger partial charge on any atom is -0.325 e. The summed E-state index contributed by atoms with van der Waals surface area (Å²) in [5.74, 6) is -0.209. The minimum absolute atomic E-state index is 0. The fraction of sp³-hybridized carbons (Fsp3) is 0.462. The molecule has 22 heavy (non-hydrogen) atoms. The molecule has 6 nitrogen and oxygen atoms in total. The van der Waals surface area contributed by atoms with Gasteiger partial charge in [-0.3, -0.25) is 4.79 Å². The zero-order valence-electron chi connectivity index (χ0n) is 12.1. The molecular weight excluding hydrogens is 394 g/mol. The van der Waals surface area contributed by atoms with E-state index < -0.39 is 10.0 Å². The van der Waals surface area contributed by atoms with Crippen LogP contribution in [-0.4, -0.2) is 33.5 Å². The first-order valence-corrected chi connectivity index (χ1v) is 8.96. The summed E-state index contributed by atoms with van der Waals surface area (Å²) in [6.07, 6.45) is 1.56. The summed E-state index contributed by atoms with van der Waals surface area (Å²) in [6.45, 7) is 3.03. The van der Waals surface area contributed by atoms with E-state index in [1.54, 1.807) is 6.07 Å². The molecule has 1 saturated heterocycles. The van der Waals surface area contributed by atoms with Gasteiger partial charge in [-0.25, -0.2) is 13.1 Å². The average molecular weight is 413 g/mol. The number of benzene rings is 1. The second kappa shape index (κ2) is 8.26. The largest absolute Gasteiger partial charge is 0.325 e. The predicted octanol–water partition coefficient (Wildman–Crippen LogP) is 1.86. The molecule has 0 bridgehead atoms. The van der Waals surface area contributed by atoms with Crippen molar-refractivity contribution in [3.05, 3.63) is 22.7 Å². The summed E-state index contributed by atoms with van der Waals surface area (Å²) < 4.78 is 27.9. The third-order valence-corrected chi connectivity index (χ3v) is 5.40. The van der Waals surface area contributed by atoms with Gasteiger partial charge in [0.2, 0.25) is 15.9 Å². The number of carbonyl (C=O) groups excluding carboxylic acids is 1. The molecule has 0 atom stereocenters. The molecule has 1 amide bonds. The Hall–Kier alpha value is -0.670. The lowest BCUT2D eigenvalue weighted by molar-refractivity contribution is -0.114. The molecule has 3 N–H and O–H groups in total. The highest BCUT2D eigenvalue weighted by atomic mass is 79.9. The quantitative estimate of drug-likeness (QED) is 0.704. The molecule has 0 aliphatic carbocycles. The number of carbonyl (C=O) groups is 1. The van der Waals surface area contributed by atoms with Gasteiger partial charge in [0.1, 0.15) is 0 Å². The molecular formula is C13H19BrClN3O3S. The van der Waals surface area contributed by atoms with Gasteiger partial charge in [0, 0.05) is 17.4 Å². The molecule has 0 spiro atoms. The highest BCUT2D eigenvalue weighted by Crippen LogP contribution is 2.26. The van der Waals surface area contributed by atoms with E-state index in [-0.39, 0.29) is 29.3 Å². The van der Waals surface area contributed by atoms with Crippen LogP contribution in [0.2, 0.25) is 0 Å². The van der Waals surface area contributed by atoms with Gasteiger partial charge < -0.3 is 10.6 Å². The van der Waals surface area contributed by atoms with Gasteiger partial charge in [0.05, 0.1) is 10.6 Å².